The van der Waals surface area contributed by atoms with Crippen LogP contribution in [0.4, 0.5) is 13.2 Å². The smallest absolute Gasteiger partial charge is 0.313 e. The quantitative estimate of drug-likeness (QED) is 0.669. The van der Waals surface area contributed by atoms with E-state index in [0.29, 0.717) is 12.1 Å². The number of imide groups is 2. The molecule has 172 valence electrons. The van der Waals surface area contributed by atoms with Crippen molar-refractivity contribution in [3.8, 4) is 0 Å². The van der Waals surface area contributed by atoms with E-state index in [2.05, 4.69) is 10.6 Å². The topological polar surface area (TPSA) is 98.8 Å². The first-order chi connectivity index (χ1) is 15.1. The van der Waals surface area contributed by atoms with Gasteiger partial charge in [0.2, 0.25) is 11.8 Å². The van der Waals surface area contributed by atoms with Gasteiger partial charge in [-0.05, 0) is 37.5 Å². The maximum atomic E-state index is 13.7. The van der Waals surface area contributed by atoms with Crippen LogP contribution in [0.2, 0.25) is 0 Å². The fraction of sp³-hybridized carbons (Fsp3) is 0.524. The SMILES string of the molecule is CC1CC(C(F)(F)F)N(Cc2ccc3c(c2)C(=O)N(C2CCC(=O)NC2=O)C3=O)CCN1. The van der Waals surface area contributed by atoms with Crippen molar-refractivity contribution in [1.82, 2.24) is 20.4 Å². The van der Waals surface area contributed by atoms with Gasteiger partial charge in [0.1, 0.15) is 12.1 Å². The van der Waals surface area contributed by atoms with Crippen LogP contribution in [0.25, 0.3) is 0 Å². The van der Waals surface area contributed by atoms with Crippen LogP contribution in [-0.4, -0.2) is 70.8 Å². The second-order valence-corrected chi connectivity index (χ2v) is 8.45. The number of carbonyl (C=O) groups is 4. The van der Waals surface area contributed by atoms with Gasteiger partial charge in [0.05, 0.1) is 11.1 Å². The van der Waals surface area contributed by atoms with Gasteiger partial charge in [0.15, 0.2) is 0 Å². The summed E-state index contributed by atoms with van der Waals surface area (Å²) < 4.78 is 41.0. The number of rotatable bonds is 3. The zero-order valence-corrected chi connectivity index (χ0v) is 17.4. The molecular weight excluding hydrogens is 429 g/mol. The highest BCUT2D eigenvalue weighted by molar-refractivity contribution is 6.23. The number of carbonyl (C=O) groups excluding carboxylic acids is 4. The summed E-state index contributed by atoms with van der Waals surface area (Å²) >= 11 is 0. The van der Waals surface area contributed by atoms with Gasteiger partial charge in [-0.3, -0.25) is 34.3 Å². The first kappa shape index (κ1) is 22.4. The molecule has 0 radical (unpaired) electrons. The normalized spacial score (nSPS) is 27.4. The van der Waals surface area contributed by atoms with Crippen LogP contribution >= 0.6 is 0 Å². The summed E-state index contributed by atoms with van der Waals surface area (Å²) in [5.41, 5.74) is 0.628. The molecule has 1 aromatic carbocycles. The fourth-order valence-electron chi connectivity index (χ4n) is 4.56. The molecule has 8 nitrogen and oxygen atoms in total. The van der Waals surface area contributed by atoms with Crippen molar-refractivity contribution < 1.29 is 32.3 Å². The third-order valence-electron chi connectivity index (χ3n) is 6.18. The van der Waals surface area contributed by atoms with Crippen molar-refractivity contribution in [2.45, 2.75) is 57.0 Å². The minimum Gasteiger partial charge on any atom is -0.313 e. The Labute approximate surface area is 182 Å². The summed E-state index contributed by atoms with van der Waals surface area (Å²) in [6, 6.07) is 1.38. The highest BCUT2D eigenvalue weighted by atomic mass is 19.4. The van der Waals surface area contributed by atoms with Gasteiger partial charge in [-0.2, -0.15) is 13.2 Å². The van der Waals surface area contributed by atoms with Crippen molar-refractivity contribution >= 4 is 23.6 Å². The summed E-state index contributed by atoms with van der Waals surface area (Å²) in [5, 5.41) is 5.18. The second kappa shape index (κ2) is 8.28. The summed E-state index contributed by atoms with van der Waals surface area (Å²) in [4.78, 5) is 51.4. The van der Waals surface area contributed by atoms with Crippen LogP contribution < -0.4 is 10.6 Å². The Morgan fingerprint density at radius 2 is 1.81 bits per heavy atom. The Morgan fingerprint density at radius 3 is 2.50 bits per heavy atom. The Bertz CT molecular complexity index is 980. The molecular formula is C21H23F3N4O4. The number of benzene rings is 1. The van der Waals surface area contributed by atoms with Crippen LogP contribution in [0.1, 0.15) is 52.5 Å². The summed E-state index contributed by atoms with van der Waals surface area (Å²) in [6.07, 6.45) is -4.44. The number of amides is 4. The molecule has 3 heterocycles. The van der Waals surface area contributed by atoms with Crippen molar-refractivity contribution in [3.05, 3.63) is 34.9 Å². The maximum absolute atomic E-state index is 13.7. The largest absolute Gasteiger partial charge is 0.404 e. The highest BCUT2D eigenvalue weighted by Crippen LogP contribution is 2.32. The third kappa shape index (κ3) is 4.14. The predicted molar refractivity (Wildman–Crippen MR) is 105 cm³/mol. The Hall–Kier alpha value is -2.79. The van der Waals surface area contributed by atoms with E-state index >= 15 is 0 Å². The molecule has 3 aliphatic heterocycles. The molecule has 0 bridgehead atoms. The molecule has 11 heteroatoms. The minimum absolute atomic E-state index is 0.00924. The summed E-state index contributed by atoms with van der Waals surface area (Å²) in [6.45, 7) is 2.26. The molecule has 32 heavy (non-hydrogen) atoms. The highest BCUT2D eigenvalue weighted by Gasteiger charge is 2.46. The van der Waals surface area contributed by atoms with Gasteiger partial charge in [-0.25, -0.2) is 0 Å². The number of hydrogen-bond donors (Lipinski definition) is 2. The van der Waals surface area contributed by atoms with E-state index in [1.54, 1.807) is 6.92 Å². The maximum Gasteiger partial charge on any atom is 0.404 e. The number of fused-ring (bicyclic) bond motifs is 1. The zero-order valence-electron chi connectivity index (χ0n) is 17.4. The molecule has 1 aromatic rings. The molecule has 2 fully saturated rings. The molecule has 3 unspecified atom stereocenters. The third-order valence-corrected chi connectivity index (χ3v) is 6.18. The minimum atomic E-state index is -4.40. The Morgan fingerprint density at radius 1 is 1.09 bits per heavy atom. The van der Waals surface area contributed by atoms with Gasteiger partial charge >= 0.3 is 6.18 Å². The molecule has 3 aliphatic rings. The number of nitrogens with zero attached hydrogens (tertiary/aromatic N) is 2. The molecule has 4 amide bonds. The molecule has 0 spiro atoms. The van der Waals surface area contributed by atoms with Gasteiger partial charge in [-0.15, -0.1) is 0 Å². The number of nitrogens with one attached hydrogen (secondary N) is 2. The van der Waals surface area contributed by atoms with Gasteiger partial charge in [-0.1, -0.05) is 6.07 Å². The van der Waals surface area contributed by atoms with Gasteiger partial charge < -0.3 is 5.32 Å². The van der Waals surface area contributed by atoms with Crippen LogP contribution in [-0.2, 0) is 16.1 Å². The molecule has 0 aromatic heterocycles. The summed E-state index contributed by atoms with van der Waals surface area (Å²) in [5.74, 6) is -2.51. The predicted octanol–water partition coefficient (Wildman–Crippen LogP) is 1.20. The first-order valence-electron chi connectivity index (χ1n) is 10.4. The van der Waals surface area contributed by atoms with E-state index < -0.39 is 41.9 Å². The lowest BCUT2D eigenvalue weighted by Crippen LogP contribution is -2.54. The van der Waals surface area contributed by atoms with Crippen molar-refractivity contribution in [2.24, 2.45) is 0 Å². The monoisotopic (exact) mass is 452 g/mol. The Balaban J connectivity index is 1.57. The van der Waals surface area contributed by atoms with Gasteiger partial charge in [0.25, 0.3) is 11.8 Å². The Kier molecular flexibility index (Phi) is 5.80. The second-order valence-electron chi connectivity index (χ2n) is 8.45. The van der Waals surface area contributed by atoms with E-state index in [9.17, 15) is 32.3 Å². The molecule has 4 rings (SSSR count). The number of halogens is 3. The number of alkyl halides is 3. The molecule has 0 aliphatic carbocycles. The average Bonchev–Trinajstić information content (AvgIpc) is 2.84. The van der Waals surface area contributed by atoms with Crippen LogP contribution in [0.15, 0.2) is 18.2 Å². The number of hydrogen-bond acceptors (Lipinski definition) is 6. The van der Waals surface area contributed by atoms with Crippen molar-refractivity contribution in [3.63, 3.8) is 0 Å². The fourth-order valence-corrected chi connectivity index (χ4v) is 4.56. The van der Waals surface area contributed by atoms with Crippen molar-refractivity contribution in [1.29, 1.82) is 0 Å². The lowest BCUT2D eigenvalue weighted by Gasteiger charge is -2.31. The van der Waals surface area contributed by atoms with Crippen molar-refractivity contribution in [2.75, 3.05) is 13.1 Å². The van der Waals surface area contributed by atoms with Gasteiger partial charge in [0, 0.05) is 32.1 Å². The zero-order chi connectivity index (χ0) is 23.2. The van der Waals surface area contributed by atoms with Crippen LogP contribution in [0, 0.1) is 0 Å². The lowest BCUT2D eigenvalue weighted by molar-refractivity contribution is -0.186. The molecule has 3 atom stereocenters. The van der Waals surface area contributed by atoms with Crippen LogP contribution in [0.3, 0.4) is 0 Å². The molecule has 2 N–H and O–H groups in total. The van der Waals surface area contributed by atoms with E-state index in [1.165, 1.54) is 23.1 Å². The van der Waals surface area contributed by atoms with E-state index in [0.717, 1.165) is 4.90 Å². The van der Waals surface area contributed by atoms with E-state index in [4.69, 9.17) is 0 Å². The molecule has 2 saturated heterocycles. The summed E-state index contributed by atoms with van der Waals surface area (Å²) in [7, 11) is 0. The van der Waals surface area contributed by atoms with Crippen LogP contribution in [0.5, 0.6) is 0 Å². The lowest BCUT2D eigenvalue weighted by atomic mass is 10.0. The van der Waals surface area contributed by atoms with E-state index in [1.807, 2.05) is 0 Å². The van der Waals surface area contributed by atoms with E-state index in [-0.39, 0.29) is 49.5 Å². The molecule has 0 saturated carbocycles. The number of piperidine rings is 1. The average molecular weight is 452 g/mol. The standard InChI is InChI=1S/C21H23F3N4O4/c1-11-8-16(21(22,23)24)27(7-6-25-11)10-12-2-3-13-14(9-12)20(32)28(19(13)31)15-4-5-17(29)26-18(15)30/h2-3,9,11,15-16,25H,4-8,10H2,1H3,(H,26,29,30). The first-order valence-corrected chi connectivity index (χ1v) is 10.4.